The SMILES string of the molecule is Cc1ccc(S(=O)(=O)N=[S@](=O)(CC2=CCCCC2)c2ccccc2)cc1. The Morgan fingerprint density at radius 2 is 1.58 bits per heavy atom. The van der Waals surface area contributed by atoms with E-state index in [0.29, 0.717) is 4.90 Å². The molecular formula is C20H23NO3S2. The highest BCUT2D eigenvalue weighted by Gasteiger charge is 2.22. The van der Waals surface area contributed by atoms with Gasteiger partial charge in [0.1, 0.15) is 0 Å². The van der Waals surface area contributed by atoms with Gasteiger partial charge in [0.2, 0.25) is 0 Å². The summed E-state index contributed by atoms with van der Waals surface area (Å²) in [6.45, 7) is 1.89. The van der Waals surface area contributed by atoms with Crippen LogP contribution in [0, 0.1) is 6.92 Å². The molecule has 6 heteroatoms. The van der Waals surface area contributed by atoms with Crippen LogP contribution in [0.1, 0.15) is 31.2 Å². The third-order valence-electron chi connectivity index (χ3n) is 4.41. The zero-order chi connectivity index (χ0) is 18.6. The van der Waals surface area contributed by atoms with Gasteiger partial charge in [0.25, 0.3) is 10.0 Å². The Hall–Kier alpha value is -1.92. The van der Waals surface area contributed by atoms with Gasteiger partial charge in [-0.05, 0) is 56.9 Å². The van der Waals surface area contributed by atoms with Crippen molar-refractivity contribution < 1.29 is 12.6 Å². The summed E-state index contributed by atoms with van der Waals surface area (Å²) in [7, 11) is -7.13. The molecule has 0 unspecified atom stereocenters. The Bertz CT molecular complexity index is 1010. The minimum Gasteiger partial charge on any atom is -0.243 e. The second-order valence-corrected chi connectivity index (χ2v) is 10.6. The first-order valence-electron chi connectivity index (χ1n) is 8.70. The number of rotatable bonds is 5. The van der Waals surface area contributed by atoms with E-state index < -0.39 is 19.8 Å². The van der Waals surface area contributed by atoms with Gasteiger partial charge in [-0.1, -0.05) is 47.5 Å². The molecule has 0 spiro atoms. The molecule has 1 aliphatic carbocycles. The minimum absolute atomic E-state index is 0.0735. The number of sulfonamides is 1. The standard InChI is InChI=1S/C20H23NO3S2/c1-17-12-14-20(15-13-17)26(23,24)21-25(22,19-10-6-3-7-11-19)16-18-8-4-2-5-9-18/h3,6-8,10-15H,2,4-5,9,16H2,1H3/t25-/m0/s1. The van der Waals surface area contributed by atoms with Crippen molar-refractivity contribution in [2.45, 2.75) is 42.4 Å². The molecule has 0 heterocycles. The van der Waals surface area contributed by atoms with E-state index in [1.165, 1.54) is 12.1 Å². The summed E-state index contributed by atoms with van der Waals surface area (Å²) in [6, 6.07) is 15.2. The predicted octanol–water partition coefficient (Wildman–Crippen LogP) is 4.71. The molecular weight excluding hydrogens is 366 g/mol. The van der Waals surface area contributed by atoms with Crippen molar-refractivity contribution in [1.82, 2.24) is 0 Å². The molecule has 0 radical (unpaired) electrons. The van der Waals surface area contributed by atoms with Crippen LogP contribution in [-0.2, 0) is 19.8 Å². The van der Waals surface area contributed by atoms with Crippen molar-refractivity contribution in [1.29, 1.82) is 0 Å². The van der Waals surface area contributed by atoms with Crippen LogP contribution in [0.5, 0.6) is 0 Å². The molecule has 1 atom stereocenters. The molecule has 1 aliphatic rings. The summed E-state index contributed by atoms with van der Waals surface area (Å²) in [4.78, 5) is 0.534. The second-order valence-electron chi connectivity index (χ2n) is 6.57. The number of hydrogen-bond donors (Lipinski definition) is 0. The van der Waals surface area contributed by atoms with Gasteiger partial charge >= 0.3 is 0 Å². The van der Waals surface area contributed by atoms with Crippen LogP contribution in [0.25, 0.3) is 0 Å². The third-order valence-corrected chi connectivity index (χ3v) is 8.80. The van der Waals surface area contributed by atoms with Crippen molar-refractivity contribution >= 4 is 19.8 Å². The van der Waals surface area contributed by atoms with Crippen LogP contribution < -0.4 is 0 Å². The van der Waals surface area contributed by atoms with Crippen LogP contribution in [0.4, 0.5) is 0 Å². The van der Waals surface area contributed by atoms with Crippen molar-refractivity contribution in [3.63, 3.8) is 0 Å². The summed E-state index contributed by atoms with van der Waals surface area (Å²) in [5.74, 6) is 0.169. The van der Waals surface area contributed by atoms with Crippen molar-refractivity contribution in [2.75, 3.05) is 5.75 Å². The van der Waals surface area contributed by atoms with Gasteiger partial charge in [-0.2, -0.15) is 8.42 Å². The van der Waals surface area contributed by atoms with Gasteiger partial charge in [-0.25, -0.2) is 4.21 Å². The molecule has 0 aromatic heterocycles. The molecule has 0 saturated carbocycles. The van der Waals surface area contributed by atoms with E-state index >= 15 is 0 Å². The summed E-state index contributed by atoms with van der Waals surface area (Å²) in [6.07, 6.45) is 6.05. The lowest BCUT2D eigenvalue weighted by molar-refractivity contribution is 0.598. The summed E-state index contributed by atoms with van der Waals surface area (Å²) in [5.41, 5.74) is 1.99. The molecule has 2 aromatic carbocycles. The van der Waals surface area contributed by atoms with Gasteiger partial charge in [0, 0.05) is 4.90 Å². The largest absolute Gasteiger partial charge is 0.290 e. The quantitative estimate of drug-likeness (QED) is 0.696. The number of aryl methyl sites for hydroxylation is 1. The average Bonchev–Trinajstić information content (AvgIpc) is 2.63. The topological polar surface area (TPSA) is 63.6 Å². The van der Waals surface area contributed by atoms with Gasteiger partial charge in [-0.15, -0.1) is 3.77 Å². The molecule has 2 aromatic rings. The fraction of sp³-hybridized carbons (Fsp3) is 0.300. The summed E-state index contributed by atoms with van der Waals surface area (Å²) in [5, 5.41) is 0. The van der Waals surface area contributed by atoms with Crippen LogP contribution in [0.15, 0.2) is 79.8 Å². The fourth-order valence-corrected chi connectivity index (χ4v) is 7.15. The maximum absolute atomic E-state index is 13.7. The monoisotopic (exact) mass is 389 g/mol. The van der Waals surface area contributed by atoms with Crippen molar-refractivity contribution in [3.8, 4) is 0 Å². The van der Waals surface area contributed by atoms with E-state index in [1.807, 2.05) is 13.0 Å². The Morgan fingerprint density at radius 1 is 0.885 bits per heavy atom. The lowest BCUT2D eigenvalue weighted by atomic mass is 10.0. The lowest BCUT2D eigenvalue weighted by Gasteiger charge is -2.16. The first kappa shape index (κ1) is 18.9. The fourth-order valence-electron chi connectivity index (χ4n) is 2.98. The highest BCUT2D eigenvalue weighted by atomic mass is 32.3. The third kappa shape index (κ3) is 4.43. The molecule has 0 saturated heterocycles. The summed E-state index contributed by atoms with van der Waals surface area (Å²) >= 11 is 0. The Morgan fingerprint density at radius 3 is 2.19 bits per heavy atom. The molecule has 26 heavy (non-hydrogen) atoms. The van der Waals surface area contributed by atoms with E-state index in [0.717, 1.165) is 36.8 Å². The highest BCUT2D eigenvalue weighted by Crippen LogP contribution is 2.26. The summed E-state index contributed by atoms with van der Waals surface area (Å²) < 4.78 is 43.3. The number of allylic oxidation sites excluding steroid dienone is 1. The van der Waals surface area contributed by atoms with Gasteiger partial charge in [-0.3, -0.25) is 0 Å². The average molecular weight is 390 g/mol. The molecule has 0 fully saturated rings. The van der Waals surface area contributed by atoms with Gasteiger partial charge < -0.3 is 0 Å². The van der Waals surface area contributed by atoms with Crippen molar-refractivity contribution in [2.24, 2.45) is 3.77 Å². The van der Waals surface area contributed by atoms with E-state index in [2.05, 4.69) is 9.84 Å². The number of hydrogen-bond acceptors (Lipinski definition) is 3. The number of benzene rings is 2. The van der Waals surface area contributed by atoms with Crippen LogP contribution in [0.2, 0.25) is 0 Å². The first-order chi connectivity index (χ1) is 12.4. The molecule has 0 N–H and O–H groups in total. The molecule has 0 aliphatic heterocycles. The maximum Gasteiger partial charge on any atom is 0.290 e. The number of nitrogens with zero attached hydrogens (tertiary/aromatic N) is 1. The lowest BCUT2D eigenvalue weighted by Crippen LogP contribution is -2.13. The molecule has 4 nitrogen and oxygen atoms in total. The first-order valence-corrected chi connectivity index (χ1v) is 11.8. The van der Waals surface area contributed by atoms with Crippen LogP contribution in [0.3, 0.4) is 0 Å². The minimum atomic E-state index is -4.01. The van der Waals surface area contributed by atoms with E-state index in [4.69, 9.17) is 0 Å². The predicted molar refractivity (Wildman–Crippen MR) is 105 cm³/mol. The van der Waals surface area contributed by atoms with E-state index in [1.54, 1.807) is 36.4 Å². The smallest absolute Gasteiger partial charge is 0.243 e. The Balaban J connectivity index is 2.10. The highest BCUT2D eigenvalue weighted by molar-refractivity contribution is 8.03. The van der Waals surface area contributed by atoms with Gasteiger partial charge in [0.15, 0.2) is 0 Å². The van der Waals surface area contributed by atoms with Crippen LogP contribution in [-0.4, -0.2) is 18.4 Å². The van der Waals surface area contributed by atoms with Crippen LogP contribution >= 0.6 is 0 Å². The van der Waals surface area contributed by atoms with E-state index in [9.17, 15) is 12.6 Å². The molecule has 0 bridgehead atoms. The maximum atomic E-state index is 13.7. The second kappa shape index (κ2) is 7.76. The Labute approximate surface area is 156 Å². The van der Waals surface area contributed by atoms with E-state index in [-0.39, 0.29) is 10.6 Å². The Kier molecular flexibility index (Phi) is 5.63. The molecule has 0 amide bonds. The van der Waals surface area contributed by atoms with Crippen molar-refractivity contribution in [3.05, 3.63) is 71.8 Å². The van der Waals surface area contributed by atoms with Gasteiger partial charge in [0.05, 0.1) is 20.4 Å². The molecule has 3 rings (SSSR count). The normalized spacial score (nSPS) is 17.2. The molecule has 138 valence electrons. The zero-order valence-corrected chi connectivity index (χ0v) is 16.4. The zero-order valence-electron chi connectivity index (χ0n) is 14.8.